The van der Waals surface area contributed by atoms with Gasteiger partial charge in [-0.25, -0.2) is 5.48 Å². The molecule has 0 heterocycles. The third-order valence-electron chi connectivity index (χ3n) is 3.61. The summed E-state index contributed by atoms with van der Waals surface area (Å²) in [5.74, 6) is 0. The van der Waals surface area contributed by atoms with Gasteiger partial charge >= 0.3 is 0 Å². The maximum absolute atomic E-state index is 10.4. The predicted molar refractivity (Wildman–Crippen MR) is 79.8 cm³/mol. The molecule has 2 aromatic carbocycles. The Morgan fingerprint density at radius 2 is 1.65 bits per heavy atom. The van der Waals surface area contributed by atoms with Crippen molar-refractivity contribution < 1.29 is 9.63 Å². The van der Waals surface area contributed by atoms with E-state index < -0.39 is 5.60 Å². The zero-order chi connectivity index (χ0) is 14.4. The lowest BCUT2D eigenvalue weighted by Gasteiger charge is -2.27. The molecule has 1 unspecified atom stereocenters. The second-order valence-electron chi connectivity index (χ2n) is 4.87. The molecular formula is C17H19NO2. The van der Waals surface area contributed by atoms with E-state index in [1.807, 2.05) is 44.2 Å². The van der Waals surface area contributed by atoms with Crippen LogP contribution in [0.3, 0.4) is 0 Å². The Hall–Kier alpha value is -2.13. The Kier molecular flexibility index (Phi) is 4.53. The summed E-state index contributed by atoms with van der Waals surface area (Å²) < 4.78 is 0. The first-order chi connectivity index (χ1) is 9.69. The number of nitrogens with one attached hydrogen (secondary N) is 1. The van der Waals surface area contributed by atoms with Gasteiger partial charge in [0.25, 0.3) is 0 Å². The fraction of sp³-hybridized carbons (Fsp3) is 0.235. The van der Waals surface area contributed by atoms with Crippen molar-refractivity contribution in [3.8, 4) is 11.1 Å². The summed E-state index contributed by atoms with van der Waals surface area (Å²) in [6, 6.07) is 18.4. The van der Waals surface area contributed by atoms with Crippen molar-refractivity contribution in [2.24, 2.45) is 0 Å². The van der Waals surface area contributed by atoms with E-state index in [1.54, 1.807) is 0 Å². The van der Waals surface area contributed by atoms with Crippen LogP contribution in [-0.4, -0.2) is 6.41 Å². The van der Waals surface area contributed by atoms with Gasteiger partial charge in [-0.15, -0.1) is 0 Å². The summed E-state index contributed by atoms with van der Waals surface area (Å²) in [6.45, 7) is 3.98. The van der Waals surface area contributed by atoms with Crippen molar-refractivity contribution in [2.75, 3.05) is 0 Å². The fourth-order valence-electron chi connectivity index (χ4n) is 2.14. The summed E-state index contributed by atoms with van der Waals surface area (Å²) in [6.07, 6.45) is 1.31. The molecule has 0 saturated carbocycles. The maximum atomic E-state index is 10.4. The highest BCUT2D eigenvalue weighted by Crippen LogP contribution is 2.29. The SMILES string of the molecule is CCC(C)(ONC=O)c1ccc(-c2ccccc2)cc1. The standard InChI is InChI=1S/C17H19NO2/c1-3-17(2,20-18-13-19)16-11-9-15(10-12-16)14-7-5-4-6-8-14/h4-13H,3H2,1-2H3,(H,18,19). The van der Waals surface area contributed by atoms with E-state index >= 15 is 0 Å². The molecule has 0 spiro atoms. The van der Waals surface area contributed by atoms with Gasteiger partial charge in [-0.3, -0.25) is 9.63 Å². The highest BCUT2D eigenvalue weighted by Gasteiger charge is 2.26. The smallest absolute Gasteiger partial charge is 0.230 e. The van der Waals surface area contributed by atoms with Crippen LogP contribution in [-0.2, 0) is 15.2 Å². The van der Waals surface area contributed by atoms with Crippen LogP contribution in [0.25, 0.3) is 11.1 Å². The van der Waals surface area contributed by atoms with Crippen molar-refractivity contribution in [1.82, 2.24) is 5.48 Å². The molecule has 0 radical (unpaired) electrons. The lowest BCUT2D eigenvalue weighted by atomic mass is 9.91. The number of rotatable bonds is 6. The normalized spacial score (nSPS) is 13.5. The highest BCUT2D eigenvalue weighted by molar-refractivity contribution is 5.63. The van der Waals surface area contributed by atoms with E-state index in [4.69, 9.17) is 4.84 Å². The van der Waals surface area contributed by atoms with Crippen LogP contribution in [0, 0.1) is 0 Å². The van der Waals surface area contributed by atoms with Crippen molar-refractivity contribution in [1.29, 1.82) is 0 Å². The molecule has 0 bridgehead atoms. The van der Waals surface area contributed by atoms with E-state index in [2.05, 4.69) is 29.7 Å². The molecule has 104 valence electrons. The van der Waals surface area contributed by atoms with Gasteiger partial charge in [-0.2, -0.15) is 0 Å². The van der Waals surface area contributed by atoms with Gasteiger partial charge in [0, 0.05) is 0 Å². The first kappa shape index (κ1) is 14.3. The zero-order valence-corrected chi connectivity index (χ0v) is 11.8. The molecule has 2 aromatic rings. The molecule has 20 heavy (non-hydrogen) atoms. The Morgan fingerprint density at radius 3 is 2.20 bits per heavy atom. The highest BCUT2D eigenvalue weighted by atomic mass is 16.7. The minimum atomic E-state index is -0.518. The maximum Gasteiger partial charge on any atom is 0.230 e. The number of hydrogen-bond donors (Lipinski definition) is 1. The number of hydrogen-bond acceptors (Lipinski definition) is 2. The van der Waals surface area contributed by atoms with Gasteiger partial charge in [0.05, 0.1) is 0 Å². The van der Waals surface area contributed by atoms with Gasteiger partial charge in [0.2, 0.25) is 6.41 Å². The molecule has 1 amide bonds. The van der Waals surface area contributed by atoms with Crippen LogP contribution < -0.4 is 5.48 Å². The van der Waals surface area contributed by atoms with Crippen LogP contribution in [0.4, 0.5) is 0 Å². The number of benzene rings is 2. The van der Waals surface area contributed by atoms with Crippen LogP contribution in [0.1, 0.15) is 25.8 Å². The monoisotopic (exact) mass is 269 g/mol. The largest absolute Gasteiger partial charge is 0.277 e. The molecule has 0 fully saturated rings. The summed E-state index contributed by atoms with van der Waals surface area (Å²) in [4.78, 5) is 15.8. The van der Waals surface area contributed by atoms with E-state index in [0.717, 1.165) is 17.5 Å². The van der Waals surface area contributed by atoms with Crippen molar-refractivity contribution in [3.63, 3.8) is 0 Å². The van der Waals surface area contributed by atoms with Gasteiger partial charge in [0.15, 0.2) is 0 Å². The molecule has 0 aliphatic carbocycles. The van der Waals surface area contributed by atoms with E-state index in [9.17, 15) is 4.79 Å². The topological polar surface area (TPSA) is 38.3 Å². The molecule has 0 aromatic heterocycles. The first-order valence-corrected chi connectivity index (χ1v) is 6.73. The molecule has 3 heteroatoms. The Labute approximate surface area is 119 Å². The predicted octanol–water partition coefficient (Wildman–Crippen LogP) is 3.66. The fourth-order valence-corrected chi connectivity index (χ4v) is 2.14. The lowest BCUT2D eigenvalue weighted by molar-refractivity contribution is -0.140. The number of amides is 1. The van der Waals surface area contributed by atoms with Crippen LogP contribution >= 0.6 is 0 Å². The van der Waals surface area contributed by atoms with E-state index in [-0.39, 0.29) is 0 Å². The molecule has 1 N–H and O–H groups in total. The number of hydroxylamine groups is 1. The van der Waals surface area contributed by atoms with Gasteiger partial charge in [0.1, 0.15) is 5.60 Å². The van der Waals surface area contributed by atoms with Crippen molar-refractivity contribution >= 4 is 6.41 Å². The van der Waals surface area contributed by atoms with Gasteiger partial charge < -0.3 is 0 Å². The summed E-state index contributed by atoms with van der Waals surface area (Å²) in [5.41, 5.74) is 5.17. The Balaban J connectivity index is 2.25. The minimum Gasteiger partial charge on any atom is -0.277 e. The molecule has 3 nitrogen and oxygen atoms in total. The zero-order valence-electron chi connectivity index (χ0n) is 11.8. The van der Waals surface area contributed by atoms with E-state index in [1.165, 1.54) is 5.56 Å². The third-order valence-corrected chi connectivity index (χ3v) is 3.61. The quantitative estimate of drug-likeness (QED) is 0.642. The second-order valence-corrected chi connectivity index (χ2v) is 4.87. The molecule has 0 aliphatic heterocycles. The molecule has 2 rings (SSSR count). The molecule has 1 atom stereocenters. The molecular weight excluding hydrogens is 250 g/mol. The summed E-state index contributed by atoms with van der Waals surface area (Å²) in [5, 5.41) is 0. The number of carbonyl (C=O) groups excluding carboxylic acids is 1. The summed E-state index contributed by atoms with van der Waals surface area (Å²) >= 11 is 0. The Bertz CT molecular complexity index is 551. The minimum absolute atomic E-state index is 0.518. The van der Waals surface area contributed by atoms with Gasteiger partial charge in [-0.1, -0.05) is 61.5 Å². The lowest BCUT2D eigenvalue weighted by Crippen LogP contribution is -2.31. The van der Waals surface area contributed by atoms with Crippen LogP contribution in [0.5, 0.6) is 0 Å². The third kappa shape index (κ3) is 3.06. The second kappa shape index (κ2) is 6.35. The van der Waals surface area contributed by atoms with Crippen molar-refractivity contribution in [2.45, 2.75) is 25.9 Å². The molecule has 0 aliphatic rings. The average molecular weight is 269 g/mol. The van der Waals surface area contributed by atoms with Crippen LogP contribution in [0.2, 0.25) is 0 Å². The van der Waals surface area contributed by atoms with Crippen LogP contribution in [0.15, 0.2) is 54.6 Å². The average Bonchev–Trinajstić information content (AvgIpc) is 2.53. The van der Waals surface area contributed by atoms with E-state index in [0.29, 0.717) is 6.41 Å². The Morgan fingerprint density at radius 1 is 1.05 bits per heavy atom. The van der Waals surface area contributed by atoms with Gasteiger partial charge in [-0.05, 0) is 30.0 Å². The summed E-state index contributed by atoms with van der Waals surface area (Å²) in [7, 11) is 0. The van der Waals surface area contributed by atoms with Crippen molar-refractivity contribution in [3.05, 3.63) is 60.2 Å². The first-order valence-electron chi connectivity index (χ1n) is 6.73. The number of carbonyl (C=O) groups is 1. The molecule has 0 saturated heterocycles.